The van der Waals surface area contributed by atoms with Gasteiger partial charge in [-0.2, -0.15) is 0 Å². The van der Waals surface area contributed by atoms with Crippen LogP contribution in [-0.2, 0) is 0 Å². The topological polar surface area (TPSA) is 62.6 Å². The number of nitrogens with one attached hydrogen (secondary N) is 2. The van der Waals surface area contributed by atoms with Gasteiger partial charge in [-0.25, -0.2) is 0 Å². The quantitative estimate of drug-likeness (QED) is 0.620. The van der Waals surface area contributed by atoms with Crippen LogP contribution in [0.2, 0.25) is 0 Å². The van der Waals surface area contributed by atoms with E-state index in [0.29, 0.717) is 22.3 Å². The summed E-state index contributed by atoms with van der Waals surface area (Å²) in [5.74, 6) is 1.20. The molecule has 0 spiro atoms. The van der Waals surface area contributed by atoms with Gasteiger partial charge in [-0.15, -0.1) is 0 Å². The molecular weight excluding hydrogens is 348 g/mol. The summed E-state index contributed by atoms with van der Waals surface area (Å²) in [6.45, 7) is 6.24. The fraction of sp³-hybridized carbons (Fsp3) is 0.263. The number of thiocarbonyl (C=S) groups is 1. The van der Waals surface area contributed by atoms with Crippen molar-refractivity contribution in [3.8, 4) is 5.75 Å². The summed E-state index contributed by atoms with van der Waals surface area (Å²) in [6.07, 6.45) is 0. The van der Waals surface area contributed by atoms with Crippen molar-refractivity contribution in [2.24, 2.45) is 0 Å². The lowest BCUT2D eigenvalue weighted by atomic mass is 10.2. The van der Waals surface area contributed by atoms with Crippen LogP contribution in [-0.4, -0.2) is 30.5 Å². The number of ether oxygens (including phenoxy) is 1. The molecule has 0 bridgehead atoms. The van der Waals surface area contributed by atoms with Gasteiger partial charge in [0.1, 0.15) is 11.1 Å². The maximum atomic E-state index is 5.40. The zero-order valence-electron chi connectivity index (χ0n) is 15.1. The first-order valence-corrected chi connectivity index (χ1v) is 8.92. The molecule has 3 aromatic rings. The fourth-order valence-corrected chi connectivity index (χ4v) is 3.05. The Balaban J connectivity index is 1.72. The van der Waals surface area contributed by atoms with Crippen LogP contribution in [0.3, 0.4) is 0 Å². The van der Waals surface area contributed by atoms with Crippen molar-refractivity contribution in [2.45, 2.75) is 13.8 Å². The lowest BCUT2D eigenvalue weighted by Gasteiger charge is -2.21. The van der Waals surface area contributed by atoms with Gasteiger partial charge in [0, 0.05) is 24.5 Å². The van der Waals surface area contributed by atoms with E-state index in [4.69, 9.17) is 21.5 Å². The van der Waals surface area contributed by atoms with Gasteiger partial charge in [-0.1, -0.05) is 11.2 Å². The third-order valence-corrected chi connectivity index (χ3v) is 4.37. The predicted octanol–water partition coefficient (Wildman–Crippen LogP) is 4.49. The molecule has 0 amide bonds. The van der Waals surface area contributed by atoms with E-state index in [0.717, 1.165) is 24.2 Å². The molecule has 26 heavy (non-hydrogen) atoms. The van der Waals surface area contributed by atoms with Crippen molar-refractivity contribution in [1.82, 2.24) is 5.16 Å². The molecule has 7 heteroatoms. The summed E-state index contributed by atoms with van der Waals surface area (Å²) in [4.78, 5) is 2.29. The number of hydrogen-bond donors (Lipinski definition) is 2. The molecule has 2 N–H and O–H groups in total. The van der Waals surface area contributed by atoms with E-state index >= 15 is 0 Å². The molecular formula is C19H22N4O2S. The first-order chi connectivity index (χ1) is 12.7. The number of benzene rings is 2. The average Bonchev–Trinajstić information content (AvgIpc) is 3.07. The first kappa shape index (κ1) is 18.0. The Bertz CT molecular complexity index is 888. The second-order valence-corrected chi connectivity index (χ2v) is 6.07. The Morgan fingerprint density at radius 3 is 2.50 bits per heavy atom. The highest BCUT2D eigenvalue weighted by atomic mass is 32.1. The van der Waals surface area contributed by atoms with Gasteiger partial charge >= 0.3 is 0 Å². The first-order valence-electron chi connectivity index (χ1n) is 8.51. The zero-order chi connectivity index (χ0) is 18.5. The number of aromatic nitrogens is 1. The maximum absolute atomic E-state index is 5.40. The van der Waals surface area contributed by atoms with Crippen molar-refractivity contribution in [1.29, 1.82) is 0 Å². The summed E-state index contributed by atoms with van der Waals surface area (Å²) in [5, 5.41) is 11.5. The monoisotopic (exact) mass is 370 g/mol. The average molecular weight is 370 g/mol. The standard InChI is InChI=1S/C19H22N4O2S/c1-4-23(5-2)14-11-9-13(10-12-14)20-19(26)21-18-17-15(24-3)7-6-8-16(17)25-22-18/h6-12H,4-5H2,1-3H3,(H2,20,21,22,26). The van der Waals surface area contributed by atoms with Crippen molar-refractivity contribution >= 4 is 45.5 Å². The minimum Gasteiger partial charge on any atom is -0.496 e. The molecule has 0 radical (unpaired) electrons. The van der Waals surface area contributed by atoms with Crippen LogP contribution < -0.4 is 20.3 Å². The molecule has 0 aliphatic carbocycles. The Morgan fingerprint density at radius 1 is 1.12 bits per heavy atom. The molecule has 136 valence electrons. The van der Waals surface area contributed by atoms with Gasteiger partial charge in [-0.3, -0.25) is 0 Å². The molecule has 0 unspecified atom stereocenters. The van der Waals surface area contributed by atoms with Crippen molar-refractivity contribution < 1.29 is 9.26 Å². The Morgan fingerprint density at radius 2 is 1.85 bits per heavy atom. The van der Waals surface area contributed by atoms with Crippen molar-refractivity contribution in [2.75, 3.05) is 35.7 Å². The SMILES string of the molecule is CCN(CC)c1ccc(NC(=S)Nc2noc3cccc(OC)c23)cc1. The van der Waals surface area contributed by atoms with Crippen LogP contribution in [0.4, 0.5) is 17.2 Å². The Hall–Kier alpha value is -2.80. The van der Waals surface area contributed by atoms with Gasteiger partial charge in [0.05, 0.1) is 7.11 Å². The van der Waals surface area contributed by atoms with Gasteiger partial charge < -0.3 is 24.8 Å². The molecule has 0 aliphatic heterocycles. The van der Waals surface area contributed by atoms with Crippen molar-refractivity contribution in [3.05, 3.63) is 42.5 Å². The number of hydrogen-bond acceptors (Lipinski definition) is 5. The maximum Gasteiger partial charge on any atom is 0.187 e. The van der Waals surface area contributed by atoms with E-state index in [1.807, 2.05) is 30.3 Å². The van der Waals surface area contributed by atoms with Crippen LogP contribution in [0.15, 0.2) is 47.0 Å². The summed E-state index contributed by atoms with van der Waals surface area (Å²) in [5.41, 5.74) is 2.73. The molecule has 1 aromatic heterocycles. The second-order valence-electron chi connectivity index (χ2n) is 5.66. The fourth-order valence-electron chi connectivity index (χ4n) is 2.83. The van der Waals surface area contributed by atoms with E-state index in [2.05, 4.69) is 46.7 Å². The highest BCUT2D eigenvalue weighted by Gasteiger charge is 2.14. The minimum atomic E-state index is 0.432. The molecule has 2 aromatic carbocycles. The molecule has 6 nitrogen and oxygen atoms in total. The minimum absolute atomic E-state index is 0.432. The summed E-state index contributed by atoms with van der Waals surface area (Å²) in [7, 11) is 1.61. The van der Waals surface area contributed by atoms with E-state index in [9.17, 15) is 0 Å². The lowest BCUT2D eigenvalue weighted by Crippen LogP contribution is -2.22. The summed E-state index contributed by atoms with van der Waals surface area (Å²) < 4.78 is 10.7. The van der Waals surface area contributed by atoms with E-state index in [1.54, 1.807) is 7.11 Å². The summed E-state index contributed by atoms with van der Waals surface area (Å²) >= 11 is 5.40. The molecule has 3 rings (SSSR count). The smallest absolute Gasteiger partial charge is 0.187 e. The molecule has 1 heterocycles. The van der Waals surface area contributed by atoms with E-state index in [-0.39, 0.29) is 0 Å². The van der Waals surface area contributed by atoms with Crippen LogP contribution in [0, 0.1) is 0 Å². The third kappa shape index (κ3) is 3.72. The molecule has 0 saturated heterocycles. The van der Waals surface area contributed by atoms with Gasteiger partial charge in [0.2, 0.25) is 0 Å². The Kier molecular flexibility index (Phi) is 5.58. The number of fused-ring (bicyclic) bond motifs is 1. The van der Waals surface area contributed by atoms with Gasteiger partial charge in [0.25, 0.3) is 0 Å². The zero-order valence-corrected chi connectivity index (χ0v) is 15.9. The molecule has 0 aliphatic rings. The number of rotatable bonds is 6. The number of nitrogens with zero attached hydrogens (tertiary/aromatic N) is 2. The largest absolute Gasteiger partial charge is 0.496 e. The summed E-state index contributed by atoms with van der Waals surface area (Å²) in [6, 6.07) is 13.7. The highest BCUT2D eigenvalue weighted by Crippen LogP contribution is 2.31. The normalized spacial score (nSPS) is 10.6. The third-order valence-electron chi connectivity index (χ3n) is 4.17. The van der Waals surface area contributed by atoms with Gasteiger partial charge in [0.15, 0.2) is 16.5 Å². The van der Waals surface area contributed by atoms with Crippen LogP contribution in [0.1, 0.15) is 13.8 Å². The molecule has 0 saturated carbocycles. The number of methoxy groups -OCH3 is 1. The second kappa shape index (κ2) is 8.05. The highest BCUT2D eigenvalue weighted by molar-refractivity contribution is 7.80. The van der Waals surface area contributed by atoms with E-state index < -0.39 is 0 Å². The van der Waals surface area contributed by atoms with E-state index in [1.165, 1.54) is 5.69 Å². The molecule has 0 fully saturated rings. The predicted molar refractivity (Wildman–Crippen MR) is 110 cm³/mol. The lowest BCUT2D eigenvalue weighted by molar-refractivity contribution is 0.419. The van der Waals surface area contributed by atoms with Crippen LogP contribution in [0.5, 0.6) is 5.75 Å². The van der Waals surface area contributed by atoms with Crippen LogP contribution >= 0.6 is 12.2 Å². The van der Waals surface area contributed by atoms with Crippen molar-refractivity contribution in [3.63, 3.8) is 0 Å². The molecule has 0 atom stereocenters. The van der Waals surface area contributed by atoms with Crippen LogP contribution in [0.25, 0.3) is 11.0 Å². The Labute approximate surface area is 158 Å². The number of anilines is 3. The van der Waals surface area contributed by atoms with Gasteiger partial charge in [-0.05, 0) is 62.5 Å².